The number of nitrogens with one attached hydrogen (secondary N) is 1. The van der Waals surface area contributed by atoms with E-state index in [1.54, 1.807) is 6.07 Å². The highest BCUT2D eigenvalue weighted by Gasteiger charge is 2.06. The number of rotatable bonds is 4. The summed E-state index contributed by atoms with van der Waals surface area (Å²) in [5.74, 6) is -0.371. The van der Waals surface area contributed by atoms with Crippen LogP contribution in [0.15, 0.2) is 30.5 Å². The molecule has 0 aromatic carbocycles. The first-order chi connectivity index (χ1) is 9.11. The molecular weight excluding hydrogens is 242 g/mol. The minimum Gasteiger partial charge on any atom is -0.465 e. The first-order valence-corrected chi connectivity index (χ1v) is 6.04. The maximum Gasteiger partial charge on any atom is 0.339 e. The lowest BCUT2D eigenvalue weighted by Crippen LogP contribution is -2.17. The van der Waals surface area contributed by atoms with Crippen molar-refractivity contribution in [3.63, 3.8) is 0 Å². The Labute approximate surface area is 112 Å². The molecule has 0 unspecified atom stereocenters. The third kappa shape index (κ3) is 2.93. The summed E-state index contributed by atoms with van der Waals surface area (Å²) in [5.41, 5.74) is 6.88. The number of methoxy groups -OCH3 is 1. The molecule has 2 aromatic heterocycles. The van der Waals surface area contributed by atoms with Gasteiger partial charge in [0.2, 0.25) is 0 Å². The van der Waals surface area contributed by atoms with Gasteiger partial charge in [-0.15, -0.1) is 0 Å². The number of carbonyl (C=O) groups is 1. The van der Waals surface area contributed by atoms with Gasteiger partial charge in [0.1, 0.15) is 0 Å². The van der Waals surface area contributed by atoms with E-state index in [-0.39, 0.29) is 5.97 Å². The van der Waals surface area contributed by atoms with E-state index in [0.29, 0.717) is 12.1 Å². The lowest BCUT2D eigenvalue weighted by Gasteiger charge is -2.12. The zero-order chi connectivity index (χ0) is 13.8. The van der Waals surface area contributed by atoms with Crippen LogP contribution in [0.1, 0.15) is 27.4 Å². The molecule has 100 valence electrons. The van der Waals surface area contributed by atoms with Crippen molar-refractivity contribution in [1.29, 1.82) is 0 Å². The van der Waals surface area contributed by atoms with Gasteiger partial charge in [-0.05, 0) is 38.1 Å². The van der Waals surface area contributed by atoms with Crippen molar-refractivity contribution in [2.75, 3.05) is 12.5 Å². The minimum absolute atomic E-state index is 0.371. The maximum absolute atomic E-state index is 11.3. The fourth-order valence-electron chi connectivity index (χ4n) is 1.85. The van der Waals surface area contributed by atoms with Gasteiger partial charge in [0.25, 0.3) is 0 Å². The van der Waals surface area contributed by atoms with Crippen LogP contribution in [0.5, 0.6) is 0 Å². The molecule has 0 aliphatic rings. The predicted molar refractivity (Wildman–Crippen MR) is 72.5 cm³/mol. The number of aryl methyl sites for hydroxylation is 2. The number of aromatic nitrogens is 2. The summed E-state index contributed by atoms with van der Waals surface area (Å²) in [6, 6.07) is 7.63. The molecule has 0 bridgehead atoms. The summed E-state index contributed by atoms with van der Waals surface area (Å²) in [5, 5.41) is 0. The summed E-state index contributed by atoms with van der Waals surface area (Å²) in [6.07, 6.45) is 1.53. The van der Waals surface area contributed by atoms with Crippen LogP contribution in [0.25, 0.3) is 0 Å². The van der Waals surface area contributed by atoms with Gasteiger partial charge in [0, 0.05) is 17.6 Å². The smallest absolute Gasteiger partial charge is 0.339 e. The molecule has 2 rings (SSSR count). The predicted octanol–water partition coefficient (Wildman–Crippen LogP) is 2.03. The van der Waals surface area contributed by atoms with E-state index in [2.05, 4.69) is 27.3 Å². The minimum atomic E-state index is -0.371. The van der Waals surface area contributed by atoms with Crippen molar-refractivity contribution in [3.05, 3.63) is 53.1 Å². The summed E-state index contributed by atoms with van der Waals surface area (Å²) in [7, 11) is 1.36. The Kier molecular flexibility index (Phi) is 3.85. The van der Waals surface area contributed by atoms with Crippen LogP contribution in [0.2, 0.25) is 0 Å². The normalized spacial score (nSPS) is 10.3. The molecule has 1 N–H and O–H groups in total. The van der Waals surface area contributed by atoms with Crippen molar-refractivity contribution in [2.45, 2.75) is 20.4 Å². The Hall–Kier alpha value is -2.30. The molecule has 0 fully saturated rings. The van der Waals surface area contributed by atoms with Gasteiger partial charge < -0.3 is 10.2 Å². The van der Waals surface area contributed by atoms with E-state index in [0.717, 1.165) is 17.1 Å². The Morgan fingerprint density at radius 2 is 1.95 bits per heavy atom. The second kappa shape index (κ2) is 5.56. The first-order valence-electron chi connectivity index (χ1n) is 6.04. The summed E-state index contributed by atoms with van der Waals surface area (Å²) >= 11 is 0. The summed E-state index contributed by atoms with van der Waals surface area (Å²) in [6.45, 7) is 4.67. The Morgan fingerprint density at radius 3 is 2.47 bits per heavy atom. The average Bonchev–Trinajstić information content (AvgIpc) is 2.75. The lowest BCUT2D eigenvalue weighted by atomic mass is 10.2. The number of carbonyl (C=O) groups excluding carboxylic acids is 1. The molecule has 0 radical (unpaired) electrons. The highest BCUT2D eigenvalue weighted by atomic mass is 16.5. The van der Waals surface area contributed by atoms with Gasteiger partial charge >= 0.3 is 5.97 Å². The van der Waals surface area contributed by atoms with Crippen molar-refractivity contribution < 1.29 is 9.53 Å². The first kappa shape index (κ1) is 13.1. The molecule has 0 atom stereocenters. The van der Waals surface area contributed by atoms with Crippen LogP contribution < -0.4 is 5.43 Å². The molecule has 0 saturated carbocycles. The third-order valence-electron chi connectivity index (χ3n) is 2.94. The van der Waals surface area contributed by atoms with Gasteiger partial charge in [-0.1, -0.05) is 0 Å². The number of esters is 1. The van der Waals surface area contributed by atoms with E-state index in [1.807, 2.05) is 24.6 Å². The fraction of sp³-hybridized carbons (Fsp3) is 0.286. The second-order valence-electron chi connectivity index (χ2n) is 4.32. The Morgan fingerprint density at radius 1 is 1.26 bits per heavy atom. The van der Waals surface area contributed by atoms with E-state index in [9.17, 15) is 4.79 Å². The zero-order valence-electron chi connectivity index (χ0n) is 11.3. The molecule has 2 aromatic rings. The molecule has 0 saturated heterocycles. The van der Waals surface area contributed by atoms with Crippen LogP contribution >= 0.6 is 0 Å². The van der Waals surface area contributed by atoms with E-state index in [1.165, 1.54) is 13.3 Å². The van der Waals surface area contributed by atoms with Gasteiger partial charge in [-0.2, -0.15) is 0 Å². The fourth-order valence-corrected chi connectivity index (χ4v) is 1.85. The van der Waals surface area contributed by atoms with Gasteiger partial charge in [0.05, 0.1) is 24.9 Å². The van der Waals surface area contributed by atoms with Crippen molar-refractivity contribution in [1.82, 2.24) is 9.66 Å². The number of nitrogens with zero attached hydrogens (tertiary/aromatic N) is 2. The molecular formula is C14H17N3O2. The summed E-state index contributed by atoms with van der Waals surface area (Å²) < 4.78 is 6.64. The second-order valence-corrected chi connectivity index (χ2v) is 4.32. The molecule has 0 spiro atoms. The highest BCUT2D eigenvalue weighted by Crippen LogP contribution is 2.06. The van der Waals surface area contributed by atoms with Gasteiger partial charge in [-0.3, -0.25) is 9.66 Å². The highest BCUT2D eigenvalue weighted by molar-refractivity contribution is 5.88. The number of ether oxygens (including phenoxy) is 1. The molecule has 19 heavy (non-hydrogen) atoms. The van der Waals surface area contributed by atoms with Crippen molar-refractivity contribution in [3.8, 4) is 0 Å². The van der Waals surface area contributed by atoms with Gasteiger partial charge in [0.15, 0.2) is 0 Å². The lowest BCUT2D eigenvalue weighted by molar-refractivity contribution is 0.0600. The zero-order valence-corrected chi connectivity index (χ0v) is 11.3. The Bertz CT molecular complexity index is 553. The quantitative estimate of drug-likeness (QED) is 0.854. The largest absolute Gasteiger partial charge is 0.465 e. The maximum atomic E-state index is 11.3. The SMILES string of the molecule is COC(=O)c1ccc(CNn2c(C)ccc2C)nc1. The molecule has 0 aliphatic carbocycles. The number of pyridine rings is 1. The molecule has 2 heterocycles. The third-order valence-corrected chi connectivity index (χ3v) is 2.94. The standard InChI is InChI=1S/C14H17N3O2/c1-10-4-5-11(2)17(10)16-9-13-7-6-12(8-15-13)14(18)19-3/h4-8,16H,9H2,1-3H3. The van der Waals surface area contributed by atoms with Gasteiger partial charge in [-0.25, -0.2) is 4.79 Å². The molecule has 0 aliphatic heterocycles. The van der Waals surface area contributed by atoms with Crippen molar-refractivity contribution in [2.24, 2.45) is 0 Å². The van der Waals surface area contributed by atoms with Crippen LogP contribution in [-0.2, 0) is 11.3 Å². The van der Waals surface area contributed by atoms with E-state index < -0.39 is 0 Å². The van der Waals surface area contributed by atoms with Crippen LogP contribution in [0.3, 0.4) is 0 Å². The summed E-state index contributed by atoms with van der Waals surface area (Å²) in [4.78, 5) is 15.5. The number of hydrogen-bond donors (Lipinski definition) is 1. The Balaban J connectivity index is 2.03. The van der Waals surface area contributed by atoms with E-state index >= 15 is 0 Å². The topological polar surface area (TPSA) is 56.1 Å². The van der Waals surface area contributed by atoms with Crippen LogP contribution in [-0.4, -0.2) is 22.7 Å². The number of hydrogen-bond acceptors (Lipinski definition) is 4. The monoisotopic (exact) mass is 259 g/mol. The van der Waals surface area contributed by atoms with Crippen LogP contribution in [0.4, 0.5) is 0 Å². The molecule has 5 heteroatoms. The van der Waals surface area contributed by atoms with Crippen LogP contribution in [0, 0.1) is 13.8 Å². The van der Waals surface area contributed by atoms with E-state index in [4.69, 9.17) is 0 Å². The average molecular weight is 259 g/mol. The van der Waals surface area contributed by atoms with Crippen molar-refractivity contribution >= 4 is 5.97 Å². The molecule has 0 amide bonds. The molecule has 5 nitrogen and oxygen atoms in total.